The van der Waals surface area contributed by atoms with Crippen LogP contribution in [0, 0.1) is 0 Å². The fourth-order valence-corrected chi connectivity index (χ4v) is 2.38. The summed E-state index contributed by atoms with van der Waals surface area (Å²) in [4.78, 5) is 13.1. The van der Waals surface area contributed by atoms with Crippen LogP contribution in [0.1, 0.15) is 6.92 Å². The first-order valence-electron chi connectivity index (χ1n) is 4.75. The van der Waals surface area contributed by atoms with Gasteiger partial charge in [0.05, 0.1) is 14.1 Å². The highest BCUT2D eigenvalue weighted by Gasteiger charge is 2.36. The molecule has 0 aliphatic carbocycles. The summed E-state index contributed by atoms with van der Waals surface area (Å²) in [5.41, 5.74) is 3.00. The summed E-state index contributed by atoms with van der Waals surface area (Å²) in [7, 11) is 4.49. The van der Waals surface area contributed by atoms with Crippen LogP contribution in [0.15, 0.2) is 11.1 Å². The zero-order valence-electron chi connectivity index (χ0n) is 8.63. The Hall–Kier alpha value is -0.830. The van der Waals surface area contributed by atoms with Crippen molar-refractivity contribution < 1.29 is 9.28 Å². The normalized spacial score (nSPS) is 25.3. The molecule has 13 heavy (non-hydrogen) atoms. The molecule has 0 radical (unpaired) electrons. The Labute approximate surface area is 79.2 Å². The highest BCUT2D eigenvalue weighted by molar-refractivity contribution is 5.74. The first kappa shape index (κ1) is 8.75. The molecule has 0 bridgehead atoms. The fraction of sp³-hybridized carbons (Fsp3) is 0.700. The van der Waals surface area contributed by atoms with Crippen molar-refractivity contribution in [2.75, 3.05) is 40.3 Å². The van der Waals surface area contributed by atoms with Crippen LogP contribution in [0.4, 0.5) is 0 Å². The van der Waals surface area contributed by atoms with Crippen LogP contribution in [-0.2, 0) is 4.79 Å². The molecule has 2 aliphatic heterocycles. The van der Waals surface area contributed by atoms with Gasteiger partial charge in [0.25, 0.3) is 0 Å². The van der Waals surface area contributed by atoms with Crippen molar-refractivity contribution >= 4 is 5.91 Å². The van der Waals surface area contributed by atoms with E-state index in [0.717, 1.165) is 30.7 Å². The van der Waals surface area contributed by atoms with Gasteiger partial charge < -0.3 is 9.38 Å². The summed E-state index contributed by atoms with van der Waals surface area (Å²) < 4.78 is 1.07. The van der Waals surface area contributed by atoms with Gasteiger partial charge in [-0.3, -0.25) is 4.79 Å². The van der Waals surface area contributed by atoms with Gasteiger partial charge in [0, 0.05) is 31.2 Å². The van der Waals surface area contributed by atoms with Crippen molar-refractivity contribution in [3.63, 3.8) is 0 Å². The monoisotopic (exact) mass is 181 g/mol. The number of likely N-dealkylation sites (N-methyl/N-ethyl adjacent to an activating group) is 1. The second kappa shape index (κ2) is 2.58. The van der Waals surface area contributed by atoms with Gasteiger partial charge in [-0.25, -0.2) is 0 Å². The zero-order chi connectivity index (χ0) is 9.64. The maximum absolute atomic E-state index is 11.1. The van der Waals surface area contributed by atoms with Crippen molar-refractivity contribution in [2.24, 2.45) is 0 Å². The summed E-state index contributed by atoms with van der Waals surface area (Å²) in [5.74, 6) is 0.208. The van der Waals surface area contributed by atoms with E-state index in [0.29, 0.717) is 0 Å². The highest BCUT2D eigenvalue weighted by Crippen LogP contribution is 2.27. The van der Waals surface area contributed by atoms with Crippen LogP contribution in [-0.4, -0.2) is 55.6 Å². The lowest BCUT2D eigenvalue weighted by Gasteiger charge is -2.27. The number of amides is 1. The molecule has 3 heteroatoms. The molecule has 0 spiro atoms. The molecule has 0 aromatic heterocycles. The number of nitrogens with zero attached hydrogens (tertiary/aromatic N) is 2. The smallest absolute Gasteiger partial charge is 0.220 e. The van der Waals surface area contributed by atoms with E-state index < -0.39 is 0 Å². The molecule has 2 aliphatic rings. The lowest BCUT2D eigenvalue weighted by atomic mass is 10.2. The third-order valence-electron chi connectivity index (χ3n) is 2.95. The molecule has 0 fully saturated rings. The van der Waals surface area contributed by atoms with Gasteiger partial charge in [0.2, 0.25) is 5.91 Å². The summed E-state index contributed by atoms with van der Waals surface area (Å²) in [6.45, 7) is 5.67. The van der Waals surface area contributed by atoms with Gasteiger partial charge in [-0.15, -0.1) is 0 Å². The van der Waals surface area contributed by atoms with Crippen LogP contribution in [0.2, 0.25) is 0 Å². The topological polar surface area (TPSA) is 20.3 Å². The minimum absolute atomic E-state index is 0.208. The highest BCUT2D eigenvalue weighted by atomic mass is 16.2. The number of quaternary nitrogens is 1. The zero-order valence-corrected chi connectivity index (χ0v) is 8.63. The maximum atomic E-state index is 11.1. The Morgan fingerprint density at radius 3 is 2.08 bits per heavy atom. The van der Waals surface area contributed by atoms with E-state index in [1.54, 1.807) is 6.92 Å². The second-order valence-corrected chi connectivity index (χ2v) is 4.83. The first-order chi connectivity index (χ1) is 5.98. The molecule has 2 rings (SSSR count). The summed E-state index contributed by atoms with van der Waals surface area (Å²) in [6, 6.07) is 0. The van der Waals surface area contributed by atoms with E-state index in [-0.39, 0.29) is 5.91 Å². The van der Waals surface area contributed by atoms with Crippen molar-refractivity contribution in [3.05, 3.63) is 11.1 Å². The number of hydrogen-bond acceptors (Lipinski definition) is 1. The molecule has 72 valence electrons. The molecule has 2 heterocycles. The van der Waals surface area contributed by atoms with E-state index >= 15 is 0 Å². The Morgan fingerprint density at radius 2 is 1.69 bits per heavy atom. The minimum Gasteiger partial charge on any atom is -0.334 e. The number of carbonyl (C=O) groups is 1. The molecule has 1 amide bonds. The minimum atomic E-state index is 0.208. The van der Waals surface area contributed by atoms with E-state index in [1.165, 1.54) is 11.1 Å². The quantitative estimate of drug-likeness (QED) is 0.387. The van der Waals surface area contributed by atoms with Crippen molar-refractivity contribution in [1.29, 1.82) is 0 Å². The average molecular weight is 181 g/mol. The molecule has 0 saturated heterocycles. The van der Waals surface area contributed by atoms with Crippen molar-refractivity contribution in [3.8, 4) is 0 Å². The van der Waals surface area contributed by atoms with Crippen LogP contribution in [0.25, 0.3) is 0 Å². The largest absolute Gasteiger partial charge is 0.334 e. The summed E-state index contributed by atoms with van der Waals surface area (Å²) in [5, 5.41) is 0. The third-order valence-corrected chi connectivity index (χ3v) is 2.95. The van der Waals surface area contributed by atoms with Crippen LogP contribution in [0.5, 0.6) is 0 Å². The van der Waals surface area contributed by atoms with E-state index in [4.69, 9.17) is 0 Å². The van der Waals surface area contributed by atoms with Gasteiger partial charge in [0.1, 0.15) is 13.1 Å². The van der Waals surface area contributed by atoms with Gasteiger partial charge >= 0.3 is 0 Å². The summed E-state index contributed by atoms with van der Waals surface area (Å²) in [6.07, 6.45) is 0. The SMILES string of the molecule is CC(=O)N1CC2=C(C1)C[N+](C)(C)C2. The molecule has 0 aromatic rings. The number of carbonyl (C=O) groups excluding carboxylic acids is 1. The molecule has 0 atom stereocenters. The molecule has 0 N–H and O–H groups in total. The lowest BCUT2D eigenvalue weighted by molar-refractivity contribution is -0.875. The van der Waals surface area contributed by atoms with Gasteiger partial charge in [-0.1, -0.05) is 0 Å². The summed E-state index contributed by atoms with van der Waals surface area (Å²) >= 11 is 0. The third kappa shape index (κ3) is 1.48. The average Bonchev–Trinajstić information content (AvgIpc) is 2.39. The lowest BCUT2D eigenvalue weighted by Crippen LogP contribution is -2.41. The van der Waals surface area contributed by atoms with Gasteiger partial charge in [0.15, 0.2) is 0 Å². The van der Waals surface area contributed by atoms with Gasteiger partial charge in [-0.05, 0) is 0 Å². The van der Waals surface area contributed by atoms with E-state index in [1.807, 2.05) is 4.90 Å². The Bertz CT molecular complexity index is 271. The van der Waals surface area contributed by atoms with Gasteiger partial charge in [-0.2, -0.15) is 0 Å². The Balaban J connectivity index is 2.06. The molecule has 3 nitrogen and oxygen atoms in total. The van der Waals surface area contributed by atoms with E-state index in [9.17, 15) is 4.79 Å². The van der Waals surface area contributed by atoms with Crippen LogP contribution in [0.3, 0.4) is 0 Å². The van der Waals surface area contributed by atoms with Crippen LogP contribution >= 0.6 is 0 Å². The maximum Gasteiger partial charge on any atom is 0.220 e. The predicted octanol–water partition coefficient (Wildman–Crippen LogP) is 0.235. The van der Waals surface area contributed by atoms with Crippen molar-refractivity contribution in [2.45, 2.75) is 6.92 Å². The number of hydrogen-bond donors (Lipinski definition) is 0. The molecule has 0 saturated carbocycles. The Morgan fingerprint density at radius 1 is 1.23 bits per heavy atom. The first-order valence-corrected chi connectivity index (χ1v) is 4.75. The second-order valence-electron chi connectivity index (χ2n) is 4.83. The van der Waals surface area contributed by atoms with E-state index in [2.05, 4.69) is 14.1 Å². The Kier molecular flexibility index (Phi) is 1.74. The fourth-order valence-electron chi connectivity index (χ4n) is 2.38. The molecular weight excluding hydrogens is 164 g/mol. The van der Waals surface area contributed by atoms with Crippen molar-refractivity contribution in [1.82, 2.24) is 4.90 Å². The molecule has 0 unspecified atom stereocenters. The molecular formula is C10H17N2O+. The molecule has 0 aromatic carbocycles. The predicted molar refractivity (Wildman–Crippen MR) is 51.1 cm³/mol. The standard InChI is InChI=1S/C10H17N2O/c1-8(13)11-4-9-6-12(2,3)7-10(9)5-11/h4-7H2,1-3H3/q+1. The van der Waals surface area contributed by atoms with Crippen LogP contribution < -0.4 is 0 Å². The number of rotatable bonds is 0.